The van der Waals surface area contributed by atoms with E-state index in [-0.39, 0.29) is 0 Å². The third-order valence-electron chi connectivity index (χ3n) is 1.89. The van der Waals surface area contributed by atoms with Crippen LogP contribution in [0.5, 0.6) is 0 Å². The minimum Gasteiger partial charge on any atom is -0.356 e. The molecule has 0 unspecified atom stereocenters. The minimum atomic E-state index is 0.591. The molecule has 0 aliphatic carbocycles. The van der Waals surface area contributed by atoms with Gasteiger partial charge >= 0.3 is 0 Å². The van der Waals surface area contributed by atoms with E-state index in [1.807, 2.05) is 18.2 Å². The van der Waals surface area contributed by atoms with Gasteiger partial charge in [-0.3, -0.25) is 0 Å². The van der Waals surface area contributed by atoms with E-state index in [0.717, 1.165) is 27.6 Å². The summed E-state index contributed by atoms with van der Waals surface area (Å²) in [7, 11) is 0. The average Bonchev–Trinajstić information content (AvgIpc) is 2.49. The van der Waals surface area contributed by atoms with E-state index in [2.05, 4.69) is 21.1 Å². The van der Waals surface area contributed by atoms with Crippen molar-refractivity contribution < 1.29 is 4.52 Å². The van der Waals surface area contributed by atoms with Crippen LogP contribution in [0.15, 0.2) is 27.2 Å². The summed E-state index contributed by atoms with van der Waals surface area (Å²) in [5.74, 6) is 0. The molecule has 0 spiro atoms. The molecule has 13 heavy (non-hydrogen) atoms. The lowest BCUT2D eigenvalue weighted by molar-refractivity contribution is 0.446. The van der Waals surface area contributed by atoms with Crippen LogP contribution in [0.25, 0.3) is 11.0 Å². The van der Waals surface area contributed by atoms with Crippen molar-refractivity contribution in [2.45, 2.75) is 6.42 Å². The molecule has 1 aromatic heterocycles. The third-order valence-corrected chi connectivity index (χ3v) is 2.38. The van der Waals surface area contributed by atoms with Crippen LogP contribution in [0.1, 0.15) is 5.69 Å². The van der Waals surface area contributed by atoms with Gasteiger partial charge in [0.15, 0.2) is 5.58 Å². The highest BCUT2D eigenvalue weighted by Crippen LogP contribution is 2.22. The molecule has 2 rings (SSSR count). The highest BCUT2D eigenvalue weighted by Gasteiger charge is 2.06. The monoisotopic (exact) mass is 240 g/mol. The Morgan fingerprint density at radius 2 is 2.31 bits per heavy atom. The summed E-state index contributed by atoms with van der Waals surface area (Å²) < 4.78 is 6.16. The summed E-state index contributed by atoms with van der Waals surface area (Å²) in [6.07, 6.45) is 0.753. The Bertz CT molecular complexity index is 424. The van der Waals surface area contributed by atoms with Crippen molar-refractivity contribution in [2.24, 2.45) is 5.73 Å². The maximum absolute atomic E-state index is 5.46. The van der Waals surface area contributed by atoms with E-state index in [0.29, 0.717) is 6.54 Å². The molecule has 0 aliphatic rings. The summed E-state index contributed by atoms with van der Waals surface area (Å²) in [5.41, 5.74) is 7.20. The molecule has 0 radical (unpaired) electrons. The molecule has 0 bridgehead atoms. The van der Waals surface area contributed by atoms with Crippen molar-refractivity contribution in [1.29, 1.82) is 0 Å². The minimum absolute atomic E-state index is 0.591. The third kappa shape index (κ3) is 1.59. The topological polar surface area (TPSA) is 52.0 Å². The quantitative estimate of drug-likeness (QED) is 0.875. The highest BCUT2D eigenvalue weighted by molar-refractivity contribution is 9.10. The number of nitrogens with zero attached hydrogens (tertiary/aromatic N) is 1. The number of hydrogen-bond donors (Lipinski definition) is 1. The van der Waals surface area contributed by atoms with Crippen LogP contribution in [0, 0.1) is 0 Å². The van der Waals surface area contributed by atoms with Crippen LogP contribution in [0.2, 0.25) is 0 Å². The van der Waals surface area contributed by atoms with Crippen molar-refractivity contribution >= 4 is 26.9 Å². The van der Waals surface area contributed by atoms with Crippen LogP contribution < -0.4 is 5.73 Å². The van der Waals surface area contributed by atoms with Gasteiger partial charge < -0.3 is 10.3 Å². The Kier molecular flexibility index (Phi) is 2.33. The van der Waals surface area contributed by atoms with Crippen LogP contribution in [0.4, 0.5) is 0 Å². The molecular weight excluding hydrogens is 232 g/mol. The molecule has 2 N–H and O–H groups in total. The lowest BCUT2D eigenvalue weighted by Gasteiger charge is -1.92. The van der Waals surface area contributed by atoms with E-state index in [4.69, 9.17) is 10.3 Å². The van der Waals surface area contributed by atoms with Crippen molar-refractivity contribution in [3.63, 3.8) is 0 Å². The van der Waals surface area contributed by atoms with Crippen LogP contribution in [-0.4, -0.2) is 11.7 Å². The SMILES string of the molecule is NCCc1noc2ccc(Br)cc12. The lowest BCUT2D eigenvalue weighted by atomic mass is 10.2. The smallest absolute Gasteiger partial charge is 0.167 e. The Morgan fingerprint density at radius 1 is 1.46 bits per heavy atom. The Labute approximate surface area is 84.0 Å². The number of rotatable bonds is 2. The van der Waals surface area contributed by atoms with Crippen molar-refractivity contribution in [2.75, 3.05) is 6.54 Å². The summed E-state index contributed by atoms with van der Waals surface area (Å²) in [4.78, 5) is 0. The predicted molar refractivity (Wildman–Crippen MR) is 54.5 cm³/mol. The zero-order chi connectivity index (χ0) is 9.26. The van der Waals surface area contributed by atoms with Crippen LogP contribution in [-0.2, 0) is 6.42 Å². The van der Waals surface area contributed by atoms with Gasteiger partial charge in [0.1, 0.15) is 0 Å². The first kappa shape index (κ1) is 8.72. The second kappa shape index (κ2) is 3.47. The number of benzene rings is 1. The van der Waals surface area contributed by atoms with Gasteiger partial charge in [0.05, 0.1) is 5.69 Å². The van der Waals surface area contributed by atoms with Gasteiger partial charge in [-0.05, 0) is 24.7 Å². The summed E-state index contributed by atoms with van der Waals surface area (Å²) in [6.45, 7) is 0.591. The van der Waals surface area contributed by atoms with E-state index in [9.17, 15) is 0 Å². The second-order valence-corrected chi connectivity index (χ2v) is 3.72. The predicted octanol–water partition coefficient (Wildman–Crippen LogP) is 2.09. The van der Waals surface area contributed by atoms with Gasteiger partial charge in [-0.15, -0.1) is 0 Å². The number of aromatic nitrogens is 1. The molecule has 4 heteroatoms. The molecule has 0 saturated carbocycles. The molecule has 0 atom stereocenters. The molecule has 0 amide bonds. The summed E-state index contributed by atoms with van der Waals surface area (Å²) >= 11 is 3.40. The zero-order valence-corrected chi connectivity index (χ0v) is 8.54. The zero-order valence-electron chi connectivity index (χ0n) is 6.96. The van der Waals surface area contributed by atoms with Gasteiger partial charge in [0.25, 0.3) is 0 Å². The molecule has 0 aliphatic heterocycles. The largest absolute Gasteiger partial charge is 0.356 e. The fraction of sp³-hybridized carbons (Fsp3) is 0.222. The molecule has 0 fully saturated rings. The fourth-order valence-corrected chi connectivity index (χ4v) is 1.64. The van der Waals surface area contributed by atoms with E-state index >= 15 is 0 Å². The van der Waals surface area contributed by atoms with Gasteiger partial charge in [-0.25, -0.2) is 0 Å². The van der Waals surface area contributed by atoms with Crippen LogP contribution >= 0.6 is 15.9 Å². The van der Waals surface area contributed by atoms with Gasteiger partial charge in [0, 0.05) is 16.3 Å². The Balaban J connectivity index is 2.58. The number of hydrogen-bond acceptors (Lipinski definition) is 3. The van der Waals surface area contributed by atoms with Crippen molar-refractivity contribution in [3.05, 3.63) is 28.4 Å². The van der Waals surface area contributed by atoms with E-state index < -0.39 is 0 Å². The van der Waals surface area contributed by atoms with Crippen molar-refractivity contribution in [1.82, 2.24) is 5.16 Å². The molecule has 1 heterocycles. The Morgan fingerprint density at radius 3 is 3.08 bits per heavy atom. The van der Waals surface area contributed by atoms with Gasteiger partial charge in [0.2, 0.25) is 0 Å². The summed E-state index contributed by atoms with van der Waals surface area (Å²) in [5, 5.41) is 4.99. The Hall–Kier alpha value is -0.870. The van der Waals surface area contributed by atoms with Crippen LogP contribution in [0.3, 0.4) is 0 Å². The fourth-order valence-electron chi connectivity index (χ4n) is 1.28. The molecule has 2 aromatic rings. The molecule has 1 aromatic carbocycles. The second-order valence-electron chi connectivity index (χ2n) is 2.81. The first-order valence-electron chi connectivity index (χ1n) is 4.05. The summed E-state index contributed by atoms with van der Waals surface area (Å²) in [6, 6.07) is 5.82. The maximum Gasteiger partial charge on any atom is 0.167 e. The number of nitrogens with two attached hydrogens (primary N) is 1. The van der Waals surface area contributed by atoms with Gasteiger partial charge in [-0.2, -0.15) is 0 Å². The van der Waals surface area contributed by atoms with E-state index in [1.54, 1.807) is 0 Å². The number of halogens is 1. The van der Waals surface area contributed by atoms with E-state index in [1.165, 1.54) is 0 Å². The molecule has 68 valence electrons. The molecule has 3 nitrogen and oxygen atoms in total. The molecular formula is C9H9BrN2O. The van der Waals surface area contributed by atoms with Crippen molar-refractivity contribution in [3.8, 4) is 0 Å². The molecule has 0 saturated heterocycles. The maximum atomic E-state index is 5.46. The highest BCUT2D eigenvalue weighted by atomic mass is 79.9. The number of fused-ring (bicyclic) bond motifs is 1. The van der Waals surface area contributed by atoms with Gasteiger partial charge in [-0.1, -0.05) is 21.1 Å². The first-order valence-corrected chi connectivity index (χ1v) is 4.84. The standard InChI is InChI=1S/C9H9BrN2O/c10-6-1-2-9-7(5-6)8(3-4-11)12-13-9/h1-2,5H,3-4,11H2. The first-order chi connectivity index (χ1) is 6.31. The average molecular weight is 241 g/mol. The normalized spacial score (nSPS) is 10.9. The lowest BCUT2D eigenvalue weighted by Crippen LogP contribution is -2.02.